The van der Waals surface area contributed by atoms with Gasteiger partial charge in [-0.05, 0) is 59.5 Å². The highest BCUT2D eigenvalue weighted by atomic mass is 16.5. The molecule has 1 saturated heterocycles. The highest BCUT2D eigenvalue weighted by Crippen LogP contribution is 2.43. The van der Waals surface area contributed by atoms with Crippen LogP contribution in [-0.4, -0.2) is 52.5 Å². The topological polar surface area (TPSA) is 58.6 Å². The Morgan fingerprint density at radius 1 is 0.784 bits per heavy atom. The van der Waals surface area contributed by atoms with Crippen molar-refractivity contribution in [3.63, 3.8) is 0 Å². The van der Waals surface area contributed by atoms with Crippen LogP contribution in [-0.2, 0) is 24.3 Å². The molecule has 0 saturated carbocycles. The molecule has 1 heterocycles. The number of hydrogen-bond donors (Lipinski definition) is 0. The molecule has 0 spiro atoms. The standard InChI is InChI=1S/C30H35NO6/c1-5-6-23-17-28(34-4)30(36-21-22-7-10-25(32-2)11-8-22)29(18-23)37-26-12-9-24(19-27(26)33-3)20-31-13-15-35-16-14-31/h5,7-12,17-19H,1,6,13-16,20-21H2,2-4H3. The summed E-state index contributed by atoms with van der Waals surface area (Å²) in [6, 6.07) is 17.7. The van der Waals surface area contributed by atoms with Crippen LogP contribution in [0, 0.1) is 0 Å². The summed E-state index contributed by atoms with van der Waals surface area (Å²) in [6.07, 6.45) is 2.51. The molecule has 0 amide bonds. The Labute approximate surface area is 219 Å². The minimum absolute atomic E-state index is 0.340. The van der Waals surface area contributed by atoms with Gasteiger partial charge in [-0.2, -0.15) is 0 Å². The van der Waals surface area contributed by atoms with Crippen molar-refractivity contribution < 1.29 is 28.4 Å². The van der Waals surface area contributed by atoms with E-state index in [4.69, 9.17) is 28.4 Å². The molecule has 196 valence electrons. The molecule has 0 N–H and O–H groups in total. The van der Waals surface area contributed by atoms with E-state index in [9.17, 15) is 0 Å². The van der Waals surface area contributed by atoms with Crippen LogP contribution in [0.25, 0.3) is 0 Å². The second-order valence-electron chi connectivity index (χ2n) is 8.73. The molecule has 0 radical (unpaired) electrons. The molecule has 7 heteroatoms. The van der Waals surface area contributed by atoms with Gasteiger partial charge in [0.1, 0.15) is 12.4 Å². The van der Waals surface area contributed by atoms with E-state index in [0.717, 1.165) is 55.3 Å². The summed E-state index contributed by atoms with van der Waals surface area (Å²) in [7, 11) is 4.92. The maximum atomic E-state index is 6.41. The molecule has 7 nitrogen and oxygen atoms in total. The summed E-state index contributed by atoms with van der Waals surface area (Å²) in [5, 5.41) is 0. The Hall–Kier alpha value is -3.68. The van der Waals surface area contributed by atoms with Gasteiger partial charge in [0.25, 0.3) is 0 Å². The second kappa shape index (κ2) is 13.0. The van der Waals surface area contributed by atoms with Crippen LogP contribution in [0.15, 0.2) is 67.3 Å². The highest BCUT2D eigenvalue weighted by Gasteiger charge is 2.19. The number of methoxy groups -OCH3 is 3. The molecule has 0 atom stereocenters. The van der Waals surface area contributed by atoms with Crippen LogP contribution in [0.3, 0.4) is 0 Å². The quantitative estimate of drug-likeness (QED) is 0.295. The van der Waals surface area contributed by atoms with Gasteiger partial charge >= 0.3 is 0 Å². The fourth-order valence-corrected chi connectivity index (χ4v) is 4.19. The maximum absolute atomic E-state index is 6.41. The molecular formula is C30H35NO6. The highest BCUT2D eigenvalue weighted by molar-refractivity contribution is 5.57. The molecule has 0 bridgehead atoms. The van der Waals surface area contributed by atoms with Crippen LogP contribution >= 0.6 is 0 Å². The van der Waals surface area contributed by atoms with Crippen molar-refractivity contribution in [2.24, 2.45) is 0 Å². The molecule has 1 fully saturated rings. The van der Waals surface area contributed by atoms with E-state index in [2.05, 4.69) is 17.5 Å². The summed E-state index contributed by atoms with van der Waals surface area (Å²) in [5.41, 5.74) is 3.15. The molecule has 1 aliphatic heterocycles. The zero-order chi connectivity index (χ0) is 26.0. The van der Waals surface area contributed by atoms with E-state index >= 15 is 0 Å². The Balaban J connectivity index is 1.60. The Morgan fingerprint density at radius 3 is 2.14 bits per heavy atom. The van der Waals surface area contributed by atoms with E-state index in [1.807, 2.05) is 54.6 Å². The molecule has 0 aromatic heterocycles. The zero-order valence-electron chi connectivity index (χ0n) is 21.8. The third-order valence-corrected chi connectivity index (χ3v) is 6.18. The van der Waals surface area contributed by atoms with Gasteiger partial charge in [0, 0.05) is 19.6 Å². The number of allylic oxidation sites excluding steroid dienone is 1. The lowest BCUT2D eigenvalue weighted by atomic mass is 10.1. The van der Waals surface area contributed by atoms with Crippen molar-refractivity contribution >= 4 is 0 Å². The van der Waals surface area contributed by atoms with E-state index in [1.165, 1.54) is 0 Å². The number of hydrogen-bond acceptors (Lipinski definition) is 7. The van der Waals surface area contributed by atoms with Gasteiger partial charge in [-0.25, -0.2) is 0 Å². The average Bonchev–Trinajstić information content (AvgIpc) is 2.94. The number of ether oxygens (including phenoxy) is 6. The van der Waals surface area contributed by atoms with Crippen molar-refractivity contribution in [2.75, 3.05) is 47.6 Å². The van der Waals surface area contributed by atoms with Gasteiger partial charge in [-0.15, -0.1) is 6.58 Å². The largest absolute Gasteiger partial charge is 0.497 e. The average molecular weight is 506 g/mol. The third-order valence-electron chi connectivity index (χ3n) is 6.18. The fraction of sp³-hybridized carbons (Fsp3) is 0.333. The Kier molecular flexibility index (Phi) is 9.29. The minimum atomic E-state index is 0.340. The van der Waals surface area contributed by atoms with Gasteiger partial charge < -0.3 is 28.4 Å². The SMILES string of the molecule is C=CCc1cc(OC)c(OCc2ccc(OC)cc2)c(Oc2ccc(CN3CCOCC3)cc2OC)c1. The van der Waals surface area contributed by atoms with Crippen LogP contribution in [0.2, 0.25) is 0 Å². The summed E-state index contributed by atoms with van der Waals surface area (Å²) < 4.78 is 34.8. The van der Waals surface area contributed by atoms with Crippen LogP contribution in [0.5, 0.6) is 34.5 Å². The summed E-state index contributed by atoms with van der Waals surface area (Å²) in [4.78, 5) is 2.37. The van der Waals surface area contributed by atoms with Crippen molar-refractivity contribution in [1.82, 2.24) is 4.90 Å². The molecule has 37 heavy (non-hydrogen) atoms. The molecular weight excluding hydrogens is 470 g/mol. The molecule has 3 aromatic rings. The van der Waals surface area contributed by atoms with Crippen LogP contribution in [0.4, 0.5) is 0 Å². The molecule has 4 rings (SSSR count). The smallest absolute Gasteiger partial charge is 0.204 e. The molecule has 0 aliphatic carbocycles. The van der Waals surface area contributed by atoms with Gasteiger partial charge in [-0.3, -0.25) is 4.90 Å². The summed E-state index contributed by atoms with van der Waals surface area (Å²) in [5.74, 6) is 3.70. The first kappa shape index (κ1) is 26.4. The lowest BCUT2D eigenvalue weighted by Crippen LogP contribution is -2.35. The second-order valence-corrected chi connectivity index (χ2v) is 8.73. The predicted molar refractivity (Wildman–Crippen MR) is 143 cm³/mol. The Morgan fingerprint density at radius 2 is 1.46 bits per heavy atom. The third kappa shape index (κ3) is 6.96. The van der Waals surface area contributed by atoms with Crippen LogP contribution < -0.4 is 23.7 Å². The lowest BCUT2D eigenvalue weighted by molar-refractivity contribution is 0.0341. The first-order valence-corrected chi connectivity index (χ1v) is 12.4. The molecule has 3 aromatic carbocycles. The fourth-order valence-electron chi connectivity index (χ4n) is 4.19. The lowest BCUT2D eigenvalue weighted by Gasteiger charge is -2.26. The summed E-state index contributed by atoms with van der Waals surface area (Å²) >= 11 is 0. The first-order valence-electron chi connectivity index (χ1n) is 12.4. The van der Waals surface area contributed by atoms with E-state index in [0.29, 0.717) is 41.8 Å². The molecule has 0 unspecified atom stereocenters. The van der Waals surface area contributed by atoms with Gasteiger partial charge in [0.15, 0.2) is 23.0 Å². The van der Waals surface area contributed by atoms with Crippen molar-refractivity contribution in [3.8, 4) is 34.5 Å². The Bertz CT molecular complexity index is 1170. The number of morpholine rings is 1. The van der Waals surface area contributed by atoms with Crippen LogP contribution in [0.1, 0.15) is 16.7 Å². The van der Waals surface area contributed by atoms with Gasteiger partial charge in [0.05, 0.1) is 34.5 Å². The minimum Gasteiger partial charge on any atom is -0.497 e. The van der Waals surface area contributed by atoms with Crippen molar-refractivity contribution in [3.05, 3.63) is 83.9 Å². The normalized spacial score (nSPS) is 13.6. The zero-order valence-corrected chi connectivity index (χ0v) is 21.8. The summed E-state index contributed by atoms with van der Waals surface area (Å²) in [6.45, 7) is 8.41. The number of benzene rings is 3. The van der Waals surface area contributed by atoms with E-state index < -0.39 is 0 Å². The number of rotatable bonds is 12. The van der Waals surface area contributed by atoms with Gasteiger partial charge in [0.2, 0.25) is 5.75 Å². The monoisotopic (exact) mass is 505 g/mol. The van der Waals surface area contributed by atoms with Gasteiger partial charge in [-0.1, -0.05) is 24.3 Å². The maximum Gasteiger partial charge on any atom is 0.204 e. The van der Waals surface area contributed by atoms with E-state index in [-0.39, 0.29) is 0 Å². The van der Waals surface area contributed by atoms with Crippen molar-refractivity contribution in [1.29, 1.82) is 0 Å². The van der Waals surface area contributed by atoms with E-state index in [1.54, 1.807) is 21.3 Å². The first-order chi connectivity index (χ1) is 18.1. The van der Waals surface area contributed by atoms with Crippen molar-refractivity contribution in [2.45, 2.75) is 19.6 Å². The molecule has 1 aliphatic rings. The number of nitrogens with zero attached hydrogens (tertiary/aromatic N) is 1. The predicted octanol–water partition coefficient (Wildman–Crippen LogP) is 5.64.